The summed E-state index contributed by atoms with van der Waals surface area (Å²) in [5, 5.41) is 9.02. The highest BCUT2D eigenvalue weighted by atomic mass is 127. The van der Waals surface area contributed by atoms with Gasteiger partial charge in [0.25, 0.3) is 0 Å². The van der Waals surface area contributed by atoms with E-state index in [-0.39, 0.29) is 24.0 Å². The number of aliphatic imine (C=N–C) groups is 1. The number of nitrogens with zero attached hydrogens (tertiary/aromatic N) is 2. The van der Waals surface area contributed by atoms with Crippen LogP contribution in [0.15, 0.2) is 11.2 Å². The third-order valence-corrected chi connectivity index (χ3v) is 6.18. The number of nitrogens with one attached hydrogen (secondary N) is 2. The first kappa shape index (κ1) is 22.0. The lowest BCUT2D eigenvalue weighted by atomic mass is 9.95. The number of aromatic nitrogens is 1. The monoisotopic (exact) mass is 482 g/mol. The summed E-state index contributed by atoms with van der Waals surface area (Å²) in [5.74, 6) is 2.19. The molecule has 1 aromatic rings. The maximum absolute atomic E-state index is 4.74. The van der Waals surface area contributed by atoms with Crippen LogP contribution >= 0.6 is 47.1 Å². The average Bonchev–Trinajstić information content (AvgIpc) is 2.94. The summed E-state index contributed by atoms with van der Waals surface area (Å²) in [6.07, 6.45) is 8.08. The van der Waals surface area contributed by atoms with E-state index in [1.165, 1.54) is 41.3 Å². The lowest BCUT2D eigenvalue weighted by Gasteiger charge is -2.30. The summed E-state index contributed by atoms with van der Waals surface area (Å²) < 4.78 is 0. The fraction of sp³-hybridized carbons (Fsp3) is 0.765. The van der Waals surface area contributed by atoms with Crippen LogP contribution in [0.2, 0.25) is 0 Å². The van der Waals surface area contributed by atoms with E-state index >= 15 is 0 Å². The van der Waals surface area contributed by atoms with Crippen LogP contribution in [-0.4, -0.2) is 41.1 Å². The number of thioether (sulfide) groups is 1. The van der Waals surface area contributed by atoms with E-state index in [4.69, 9.17) is 4.99 Å². The molecule has 0 amide bonds. The molecule has 4 nitrogen and oxygen atoms in total. The van der Waals surface area contributed by atoms with Crippen LogP contribution in [0.4, 0.5) is 0 Å². The molecule has 0 radical (unpaired) electrons. The second-order valence-corrected chi connectivity index (χ2v) is 8.86. The molecule has 24 heavy (non-hydrogen) atoms. The smallest absolute Gasteiger partial charge is 0.191 e. The maximum atomic E-state index is 4.74. The molecule has 2 N–H and O–H groups in total. The molecule has 1 heterocycles. The Labute approximate surface area is 172 Å². The van der Waals surface area contributed by atoms with Crippen LogP contribution in [-0.2, 0) is 6.42 Å². The topological polar surface area (TPSA) is 49.3 Å². The van der Waals surface area contributed by atoms with E-state index in [1.54, 1.807) is 11.3 Å². The number of guanidine groups is 1. The van der Waals surface area contributed by atoms with Gasteiger partial charge in [-0.25, -0.2) is 4.98 Å². The van der Waals surface area contributed by atoms with Crippen molar-refractivity contribution in [3.63, 3.8) is 0 Å². The predicted octanol–water partition coefficient (Wildman–Crippen LogP) is 4.23. The molecule has 0 saturated heterocycles. The first-order valence-corrected chi connectivity index (χ1v) is 10.7. The number of halogens is 1. The van der Waals surface area contributed by atoms with Crippen molar-refractivity contribution in [1.29, 1.82) is 0 Å². The Kier molecular flexibility index (Phi) is 11.3. The van der Waals surface area contributed by atoms with Crippen LogP contribution < -0.4 is 10.6 Å². The Morgan fingerprint density at radius 2 is 2.25 bits per heavy atom. The summed E-state index contributed by atoms with van der Waals surface area (Å²) >= 11 is 3.88. The minimum atomic E-state index is 0. The van der Waals surface area contributed by atoms with E-state index in [2.05, 4.69) is 48.2 Å². The second-order valence-electron chi connectivity index (χ2n) is 5.96. The number of hydrogen-bond acceptors (Lipinski definition) is 4. The number of rotatable bonds is 7. The Bertz CT molecular complexity index is 491. The minimum Gasteiger partial charge on any atom is -0.357 e. The molecule has 2 rings (SSSR count). The molecular weight excluding hydrogens is 451 g/mol. The van der Waals surface area contributed by atoms with Gasteiger partial charge in [0.15, 0.2) is 5.96 Å². The van der Waals surface area contributed by atoms with Gasteiger partial charge < -0.3 is 10.6 Å². The summed E-state index contributed by atoms with van der Waals surface area (Å²) in [6, 6.07) is 0.563. The van der Waals surface area contributed by atoms with Crippen molar-refractivity contribution in [2.24, 2.45) is 4.99 Å². The zero-order valence-electron chi connectivity index (χ0n) is 15.0. The molecule has 2 unspecified atom stereocenters. The molecular formula is C17H31IN4S2. The first-order valence-electron chi connectivity index (χ1n) is 8.79. The molecule has 1 aliphatic rings. The Hall–Kier alpha value is -0.0200. The minimum absolute atomic E-state index is 0. The number of hydrogen-bond donors (Lipinski definition) is 2. The normalized spacial score (nSPS) is 21.2. The van der Waals surface area contributed by atoms with Crippen molar-refractivity contribution in [2.45, 2.75) is 64.2 Å². The predicted molar refractivity (Wildman–Crippen MR) is 119 cm³/mol. The van der Waals surface area contributed by atoms with Crippen molar-refractivity contribution in [2.75, 3.05) is 18.8 Å². The molecule has 7 heteroatoms. The fourth-order valence-electron chi connectivity index (χ4n) is 2.96. The van der Waals surface area contributed by atoms with Crippen molar-refractivity contribution in [1.82, 2.24) is 15.6 Å². The fourth-order valence-corrected chi connectivity index (χ4v) is 4.91. The van der Waals surface area contributed by atoms with Gasteiger partial charge in [0, 0.05) is 41.9 Å². The molecule has 0 spiro atoms. The summed E-state index contributed by atoms with van der Waals surface area (Å²) in [4.78, 5) is 10.4. The van der Waals surface area contributed by atoms with E-state index in [0.717, 1.165) is 30.7 Å². The van der Waals surface area contributed by atoms with Crippen molar-refractivity contribution in [3.8, 4) is 0 Å². The zero-order valence-corrected chi connectivity index (χ0v) is 19.0. The second kappa shape index (κ2) is 12.4. The van der Waals surface area contributed by atoms with Gasteiger partial charge in [0.05, 0.1) is 5.01 Å². The average molecular weight is 483 g/mol. The summed E-state index contributed by atoms with van der Waals surface area (Å²) in [6.45, 7) is 8.18. The van der Waals surface area contributed by atoms with Gasteiger partial charge in [-0.3, -0.25) is 4.99 Å². The van der Waals surface area contributed by atoms with Gasteiger partial charge in [-0.05, 0) is 38.9 Å². The Balaban J connectivity index is 0.00000288. The molecule has 1 aliphatic carbocycles. The SMILES string of the molecule is CCNC(=NCCc1ncc(C)s1)NC1CCCC(SCC)C1.I. The number of thiazole rings is 1. The van der Waals surface area contributed by atoms with E-state index < -0.39 is 0 Å². The Morgan fingerprint density at radius 3 is 2.92 bits per heavy atom. The lowest BCUT2D eigenvalue weighted by molar-refractivity contribution is 0.419. The molecule has 138 valence electrons. The van der Waals surface area contributed by atoms with Crippen LogP contribution in [0.1, 0.15) is 49.4 Å². The van der Waals surface area contributed by atoms with Gasteiger partial charge in [-0.15, -0.1) is 35.3 Å². The summed E-state index contributed by atoms with van der Waals surface area (Å²) in [7, 11) is 0. The van der Waals surface area contributed by atoms with Crippen LogP contribution in [0, 0.1) is 6.92 Å². The van der Waals surface area contributed by atoms with Crippen LogP contribution in [0.5, 0.6) is 0 Å². The molecule has 2 atom stereocenters. The van der Waals surface area contributed by atoms with Gasteiger partial charge in [0.1, 0.15) is 0 Å². The van der Waals surface area contributed by atoms with E-state index in [0.29, 0.717) is 6.04 Å². The van der Waals surface area contributed by atoms with E-state index in [9.17, 15) is 0 Å². The molecule has 0 bridgehead atoms. The zero-order chi connectivity index (χ0) is 16.5. The van der Waals surface area contributed by atoms with Crippen molar-refractivity contribution in [3.05, 3.63) is 16.1 Å². The quantitative estimate of drug-likeness (QED) is 0.347. The molecule has 1 aromatic heterocycles. The highest BCUT2D eigenvalue weighted by Crippen LogP contribution is 2.28. The van der Waals surface area contributed by atoms with Gasteiger partial charge >= 0.3 is 0 Å². The molecule has 1 fully saturated rings. The highest BCUT2D eigenvalue weighted by molar-refractivity contribution is 14.0. The molecule has 0 aromatic carbocycles. The maximum Gasteiger partial charge on any atom is 0.191 e. The van der Waals surface area contributed by atoms with Crippen LogP contribution in [0.3, 0.4) is 0 Å². The van der Waals surface area contributed by atoms with Gasteiger partial charge in [-0.1, -0.05) is 13.3 Å². The van der Waals surface area contributed by atoms with Gasteiger partial charge in [-0.2, -0.15) is 11.8 Å². The lowest BCUT2D eigenvalue weighted by Crippen LogP contribution is -2.45. The molecule has 0 aliphatic heterocycles. The molecule has 1 saturated carbocycles. The standard InChI is InChI=1S/C17H30N4S2.HI/c1-4-18-17(19-10-9-16-20-12-13(3)23-16)21-14-7-6-8-15(11-14)22-5-2;/h12,14-15H,4-11H2,1-3H3,(H2,18,19,21);1H. The van der Waals surface area contributed by atoms with Gasteiger partial charge in [0.2, 0.25) is 0 Å². The largest absolute Gasteiger partial charge is 0.357 e. The summed E-state index contributed by atoms with van der Waals surface area (Å²) in [5.41, 5.74) is 0. The van der Waals surface area contributed by atoms with Crippen LogP contribution in [0.25, 0.3) is 0 Å². The highest BCUT2D eigenvalue weighted by Gasteiger charge is 2.22. The van der Waals surface area contributed by atoms with E-state index in [1.807, 2.05) is 6.20 Å². The third-order valence-electron chi connectivity index (χ3n) is 3.98. The van der Waals surface area contributed by atoms with Crippen molar-refractivity contribution >= 4 is 53.0 Å². The third kappa shape index (κ3) is 7.91. The van der Waals surface area contributed by atoms with Crippen molar-refractivity contribution < 1.29 is 0 Å². The first-order chi connectivity index (χ1) is 11.2. The number of aryl methyl sites for hydroxylation is 1. The Morgan fingerprint density at radius 1 is 1.42 bits per heavy atom.